The first-order chi connectivity index (χ1) is 10.1. The molecule has 1 aliphatic rings. The second-order valence-electron chi connectivity index (χ2n) is 5.71. The van der Waals surface area contributed by atoms with E-state index in [0.29, 0.717) is 18.2 Å². The Labute approximate surface area is 124 Å². The number of benzene rings is 2. The molecular formula is C18H19NO2. The number of carbonyl (C=O) groups is 1. The van der Waals surface area contributed by atoms with Crippen LogP contribution in [0.4, 0.5) is 5.69 Å². The van der Waals surface area contributed by atoms with Crippen LogP contribution in [-0.4, -0.2) is 16.9 Å². The van der Waals surface area contributed by atoms with Crippen LogP contribution in [0.1, 0.15) is 35.3 Å². The molecule has 0 fully saturated rings. The Kier molecular flexibility index (Phi) is 3.42. The fourth-order valence-corrected chi connectivity index (χ4v) is 2.99. The van der Waals surface area contributed by atoms with E-state index >= 15 is 0 Å². The SMILES string of the molecule is CC(=O)c1ccc(O)c(CN2c3ccccc3CC2C)c1. The van der Waals surface area contributed by atoms with Crippen molar-refractivity contribution in [1.29, 1.82) is 0 Å². The first-order valence-electron chi connectivity index (χ1n) is 7.23. The Morgan fingerprint density at radius 1 is 1.29 bits per heavy atom. The van der Waals surface area contributed by atoms with Gasteiger partial charge in [0.15, 0.2) is 5.78 Å². The summed E-state index contributed by atoms with van der Waals surface area (Å²) in [7, 11) is 0. The number of para-hydroxylation sites is 1. The van der Waals surface area contributed by atoms with Gasteiger partial charge in [-0.15, -0.1) is 0 Å². The normalized spacial score (nSPS) is 16.9. The number of anilines is 1. The van der Waals surface area contributed by atoms with Gasteiger partial charge in [-0.25, -0.2) is 0 Å². The van der Waals surface area contributed by atoms with Gasteiger partial charge < -0.3 is 10.0 Å². The van der Waals surface area contributed by atoms with E-state index < -0.39 is 0 Å². The third kappa shape index (κ3) is 2.51. The summed E-state index contributed by atoms with van der Waals surface area (Å²) in [4.78, 5) is 13.8. The van der Waals surface area contributed by atoms with E-state index in [2.05, 4.69) is 30.0 Å². The molecule has 0 bridgehead atoms. The highest BCUT2D eigenvalue weighted by molar-refractivity contribution is 5.94. The summed E-state index contributed by atoms with van der Waals surface area (Å²) in [5, 5.41) is 10.1. The topological polar surface area (TPSA) is 40.5 Å². The smallest absolute Gasteiger partial charge is 0.159 e. The van der Waals surface area contributed by atoms with Crippen LogP contribution in [0.25, 0.3) is 0 Å². The highest BCUT2D eigenvalue weighted by Gasteiger charge is 2.26. The van der Waals surface area contributed by atoms with Crippen molar-refractivity contribution in [3.63, 3.8) is 0 Å². The lowest BCUT2D eigenvalue weighted by molar-refractivity contribution is 0.101. The number of aromatic hydroxyl groups is 1. The Hall–Kier alpha value is -2.29. The molecule has 2 aromatic carbocycles. The lowest BCUT2D eigenvalue weighted by Crippen LogP contribution is -2.28. The lowest BCUT2D eigenvalue weighted by atomic mass is 10.1. The molecule has 1 atom stereocenters. The van der Waals surface area contributed by atoms with E-state index in [1.165, 1.54) is 11.3 Å². The van der Waals surface area contributed by atoms with Gasteiger partial charge in [0.05, 0.1) is 0 Å². The molecule has 1 heterocycles. The molecule has 3 heteroatoms. The zero-order valence-electron chi connectivity index (χ0n) is 12.3. The van der Waals surface area contributed by atoms with Crippen molar-refractivity contribution in [1.82, 2.24) is 0 Å². The summed E-state index contributed by atoms with van der Waals surface area (Å²) in [6.45, 7) is 4.35. The van der Waals surface area contributed by atoms with Gasteiger partial charge in [0, 0.05) is 29.4 Å². The minimum atomic E-state index is 0.0196. The molecular weight excluding hydrogens is 262 g/mol. The fraction of sp³-hybridized carbons (Fsp3) is 0.278. The van der Waals surface area contributed by atoms with E-state index in [-0.39, 0.29) is 11.5 Å². The molecule has 21 heavy (non-hydrogen) atoms. The maximum atomic E-state index is 11.5. The Bertz CT molecular complexity index is 693. The third-order valence-corrected chi connectivity index (χ3v) is 4.18. The van der Waals surface area contributed by atoms with E-state index in [9.17, 15) is 9.90 Å². The number of phenolic OH excluding ortho intramolecular Hbond substituents is 1. The van der Waals surface area contributed by atoms with E-state index in [0.717, 1.165) is 12.0 Å². The van der Waals surface area contributed by atoms with Gasteiger partial charge in [0.1, 0.15) is 5.75 Å². The van der Waals surface area contributed by atoms with Gasteiger partial charge in [0.25, 0.3) is 0 Å². The average Bonchev–Trinajstić information content (AvgIpc) is 2.77. The fourth-order valence-electron chi connectivity index (χ4n) is 2.99. The minimum Gasteiger partial charge on any atom is -0.508 e. The third-order valence-electron chi connectivity index (χ3n) is 4.18. The summed E-state index contributed by atoms with van der Waals surface area (Å²) in [5.74, 6) is 0.266. The van der Waals surface area contributed by atoms with Crippen LogP contribution in [0.5, 0.6) is 5.75 Å². The molecule has 0 aliphatic carbocycles. The zero-order valence-corrected chi connectivity index (χ0v) is 12.3. The number of phenols is 1. The van der Waals surface area contributed by atoms with Gasteiger partial charge in [-0.05, 0) is 50.1 Å². The van der Waals surface area contributed by atoms with E-state index in [1.54, 1.807) is 25.1 Å². The standard InChI is InChI=1S/C18H19NO2/c1-12-9-15-5-3-4-6-17(15)19(12)11-16-10-14(13(2)20)7-8-18(16)21/h3-8,10,12,21H,9,11H2,1-2H3. The quantitative estimate of drug-likeness (QED) is 0.875. The number of rotatable bonds is 3. The first kappa shape index (κ1) is 13.7. The van der Waals surface area contributed by atoms with Crippen molar-refractivity contribution in [2.75, 3.05) is 4.90 Å². The molecule has 1 unspecified atom stereocenters. The van der Waals surface area contributed by atoms with Gasteiger partial charge in [-0.2, -0.15) is 0 Å². The second-order valence-corrected chi connectivity index (χ2v) is 5.71. The summed E-state index contributed by atoms with van der Waals surface area (Å²) in [6.07, 6.45) is 1.02. The van der Waals surface area contributed by atoms with Crippen molar-refractivity contribution in [2.45, 2.75) is 32.9 Å². The van der Waals surface area contributed by atoms with Gasteiger partial charge in [-0.1, -0.05) is 18.2 Å². The maximum absolute atomic E-state index is 11.5. The van der Waals surface area contributed by atoms with Crippen molar-refractivity contribution in [3.8, 4) is 5.75 Å². The summed E-state index contributed by atoms with van der Waals surface area (Å²) < 4.78 is 0. The largest absolute Gasteiger partial charge is 0.508 e. The van der Waals surface area contributed by atoms with Crippen LogP contribution in [0.2, 0.25) is 0 Å². The highest BCUT2D eigenvalue weighted by atomic mass is 16.3. The molecule has 0 amide bonds. The first-order valence-corrected chi connectivity index (χ1v) is 7.23. The van der Waals surface area contributed by atoms with Crippen LogP contribution < -0.4 is 4.90 Å². The van der Waals surface area contributed by atoms with Crippen molar-refractivity contribution < 1.29 is 9.90 Å². The van der Waals surface area contributed by atoms with Gasteiger partial charge in [-0.3, -0.25) is 4.79 Å². The number of hydrogen-bond acceptors (Lipinski definition) is 3. The molecule has 108 valence electrons. The summed E-state index contributed by atoms with van der Waals surface area (Å²) >= 11 is 0. The van der Waals surface area contributed by atoms with Crippen LogP contribution in [0.3, 0.4) is 0 Å². The zero-order chi connectivity index (χ0) is 15.0. The predicted molar refractivity (Wildman–Crippen MR) is 83.9 cm³/mol. The molecule has 0 radical (unpaired) electrons. The predicted octanol–water partition coefficient (Wildman–Crippen LogP) is 3.55. The molecule has 3 nitrogen and oxygen atoms in total. The molecule has 0 aromatic heterocycles. The minimum absolute atomic E-state index is 0.0196. The Balaban J connectivity index is 1.94. The molecule has 1 aliphatic heterocycles. The molecule has 0 saturated carbocycles. The van der Waals surface area contributed by atoms with Crippen LogP contribution in [0.15, 0.2) is 42.5 Å². The van der Waals surface area contributed by atoms with Crippen LogP contribution in [-0.2, 0) is 13.0 Å². The summed E-state index contributed by atoms with van der Waals surface area (Å²) in [6, 6.07) is 13.8. The van der Waals surface area contributed by atoms with E-state index in [4.69, 9.17) is 0 Å². The molecule has 0 spiro atoms. The number of carbonyl (C=O) groups excluding carboxylic acids is 1. The maximum Gasteiger partial charge on any atom is 0.159 e. The Morgan fingerprint density at radius 2 is 2.05 bits per heavy atom. The van der Waals surface area contributed by atoms with Crippen molar-refractivity contribution in [3.05, 3.63) is 59.2 Å². The summed E-state index contributed by atoms with van der Waals surface area (Å²) in [5.41, 5.74) is 4.00. The molecule has 0 saturated heterocycles. The Morgan fingerprint density at radius 3 is 2.81 bits per heavy atom. The highest BCUT2D eigenvalue weighted by Crippen LogP contribution is 2.34. The molecule has 2 aromatic rings. The van der Waals surface area contributed by atoms with Crippen molar-refractivity contribution >= 4 is 11.5 Å². The number of nitrogens with zero attached hydrogens (tertiary/aromatic N) is 1. The van der Waals surface area contributed by atoms with Crippen molar-refractivity contribution in [2.24, 2.45) is 0 Å². The van der Waals surface area contributed by atoms with Crippen LogP contribution in [0, 0.1) is 0 Å². The number of Topliss-reactive ketones (excluding diaryl/α,β-unsaturated/α-hetero) is 1. The lowest BCUT2D eigenvalue weighted by Gasteiger charge is -2.25. The van der Waals surface area contributed by atoms with Gasteiger partial charge >= 0.3 is 0 Å². The molecule has 1 N–H and O–H groups in total. The average molecular weight is 281 g/mol. The molecule has 3 rings (SSSR count). The number of hydrogen-bond donors (Lipinski definition) is 1. The van der Waals surface area contributed by atoms with Crippen LogP contribution >= 0.6 is 0 Å². The van der Waals surface area contributed by atoms with Gasteiger partial charge in [0.2, 0.25) is 0 Å². The monoisotopic (exact) mass is 281 g/mol. The second kappa shape index (κ2) is 5.24. The number of fused-ring (bicyclic) bond motifs is 1. The van der Waals surface area contributed by atoms with E-state index in [1.807, 2.05) is 6.07 Å². The number of ketones is 1.